The van der Waals surface area contributed by atoms with Crippen molar-refractivity contribution in [1.29, 1.82) is 0 Å². The minimum atomic E-state index is -0.0267. The van der Waals surface area contributed by atoms with Gasteiger partial charge in [0.05, 0.1) is 18.8 Å². The van der Waals surface area contributed by atoms with Crippen LogP contribution in [-0.2, 0) is 0 Å². The average Bonchev–Trinajstić information content (AvgIpc) is 2.92. The average molecular weight is 314 g/mol. The van der Waals surface area contributed by atoms with Gasteiger partial charge < -0.3 is 9.64 Å². The van der Waals surface area contributed by atoms with Crippen molar-refractivity contribution in [2.24, 2.45) is 0 Å². The van der Waals surface area contributed by atoms with E-state index in [9.17, 15) is 4.79 Å². The molecule has 0 spiro atoms. The lowest BCUT2D eigenvalue weighted by Crippen LogP contribution is -2.41. The number of methoxy groups -OCH3 is 1. The second-order valence-electron chi connectivity index (χ2n) is 5.98. The second-order valence-corrected chi connectivity index (χ2v) is 5.98. The molecule has 0 unspecified atom stereocenters. The van der Waals surface area contributed by atoms with E-state index in [0.29, 0.717) is 18.0 Å². The van der Waals surface area contributed by atoms with Crippen LogP contribution in [0.1, 0.15) is 40.6 Å². The van der Waals surface area contributed by atoms with Crippen LogP contribution >= 0.6 is 0 Å². The summed E-state index contributed by atoms with van der Waals surface area (Å²) in [6, 6.07) is 5.83. The first-order chi connectivity index (χ1) is 11.1. The number of piperidine rings is 1. The number of hydrogen-bond acceptors (Lipinski definition) is 4. The lowest BCUT2D eigenvalue weighted by atomic mass is 10.0. The van der Waals surface area contributed by atoms with E-state index in [1.54, 1.807) is 18.3 Å². The monoisotopic (exact) mass is 314 g/mol. The van der Waals surface area contributed by atoms with Crippen molar-refractivity contribution < 1.29 is 9.53 Å². The fourth-order valence-corrected chi connectivity index (χ4v) is 3.24. The molecule has 2 aromatic heterocycles. The molecule has 6 heteroatoms. The smallest absolute Gasteiger partial charge is 0.259 e. The van der Waals surface area contributed by atoms with Crippen molar-refractivity contribution in [3.8, 4) is 5.88 Å². The minimum absolute atomic E-state index is 0.0267. The molecular weight excluding hydrogens is 292 g/mol. The number of ether oxygens (including phenoxy) is 1. The van der Waals surface area contributed by atoms with E-state index in [0.717, 1.165) is 30.8 Å². The molecule has 0 saturated carbocycles. The summed E-state index contributed by atoms with van der Waals surface area (Å²) in [7, 11) is 1.54. The Kier molecular flexibility index (Phi) is 4.32. The van der Waals surface area contributed by atoms with Crippen molar-refractivity contribution in [3.63, 3.8) is 0 Å². The number of aryl methyl sites for hydroxylation is 2. The molecular formula is C17H22N4O2. The molecule has 1 aliphatic heterocycles. The van der Waals surface area contributed by atoms with Gasteiger partial charge >= 0.3 is 0 Å². The molecule has 3 rings (SSSR count). The summed E-state index contributed by atoms with van der Waals surface area (Å²) in [5, 5.41) is 4.58. The first kappa shape index (κ1) is 15.5. The summed E-state index contributed by atoms with van der Waals surface area (Å²) in [6.45, 7) is 5.48. The lowest BCUT2D eigenvalue weighted by Gasteiger charge is -2.33. The van der Waals surface area contributed by atoms with Gasteiger partial charge in [0.15, 0.2) is 0 Å². The number of rotatable bonds is 3. The highest BCUT2D eigenvalue weighted by Gasteiger charge is 2.28. The van der Waals surface area contributed by atoms with Gasteiger partial charge in [0, 0.05) is 25.0 Å². The zero-order valence-corrected chi connectivity index (χ0v) is 13.8. The molecule has 23 heavy (non-hydrogen) atoms. The van der Waals surface area contributed by atoms with Crippen molar-refractivity contribution in [2.45, 2.75) is 32.7 Å². The van der Waals surface area contributed by atoms with E-state index < -0.39 is 0 Å². The van der Waals surface area contributed by atoms with Crippen LogP contribution in [0.3, 0.4) is 0 Å². The van der Waals surface area contributed by atoms with Gasteiger partial charge in [0.25, 0.3) is 5.91 Å². The molecule has 122 valence electrons. The predicted molar refractivity (Wildman–Crippen MR) is 86.7 cm³/mol. The van der Waals surface area contributed by atoms with Crippen LogP contribution in [0.4, 0.5) is 0 Å². The topological polar surface area (TPSA) is 60.2 Å². The Morgan fingerprint density at radius 2 is 2.22 bits per heavy atom. The van der Waals surface area contributed by atoms with Crippen LogP contribution < -0.4 is 4.74 Å². The van der Waals surface area contributed by atoms with Gasteiger partial charge in [-0.15, -0.1) is 0 Å². The number of carbonyl (C=O) groups is 1. The number of carbonyl (C=O) groups excluding carboxylic acids is 1. The highest BCUT2D eigenvalue weighted by molar-refractivity contribution is 5.96. The number of nitrogens with zero attached hydrogens (tertiary/aromatic N) is 4. The van der Waals surface area contributed by atoms with Crippen molar-refractivity contribution in [1.82, 2.24) is 19.7 Å². The highest BCUT2D eigenvalue weighted by Crippen LogP contribution is 2.25. The zero-order valence-electron chi connectivity index (χ0n) is 13.8. The highest BCUT2D eigenvalue weighted by atomic mass is 16.5. The van der Waals surface area contributed by atoms with Crippen LogP contribution in [0.2, 0.25) is 0 Å². The molecule has 1 atom stereocenters. The summed E-state index contributed by atoms with van der Waals surface area (Å²) in [5.41, 5.74) is 2.67. The Hall–Kier alpha value is -2.37. The van der Waals surface area contributed by atoms with E-state index in [2.05, 4.69) is 27.8 Å². The Morgan fingerprint density at radius 1 is 1.39 bits per heavy atom. The molecule has 1 fully saturated rings. The largest absolute Gasteiger partial charge is 0.480 e. The fourth-order valence-electron chi connectivity index (χ4n) is 3.24. The van der Waals surface area contributed by atoms with Crippen LogP contribution in [0.15, 0.2) is 24.4 Å². The van der Waals surface area contributed by atoms with Crippen molar-refractivity contribution in [2.75, 3.05) is 20.2 Å². The number of hydrogen-bond donors (Lipinski definition) is 0. The minimum Gasteiger partial charge on any atom is -0.480 e. The summed E-state index contributed by atoms with van der Waals surface area (Å²) in [6.07, 6.45) is 3.64. The van der Waals surface area contributed by atoms with E-state index in [1.165, 1.54) is 7.11 Å². The Balaban J connectivity index is 1.81. The van der Waals surface area contributed by atoms with Gasteiger partial charge in [-0.05, 0) is 44.9 Å². The maximum Gasteiger partial charge on any atom is 0.259 e. The zero-order chi connectivity index (χ0) is 16.4. The van der Waals surface area contributed by atoms with Crippen LogP contribution in [0.25, 0.3) is 0 Å². The van der Waals surface area contributed by atoms with Crippen LogP contribution in [-0.4, -0.2) is 45.8 Å². The summed E-state index contributed by atoms with van der Waals surface area (Å²) >= 11 is 0. The van der Waals surface area contributed by atoms with Gasteiger partial charge in [0.2, 0.25) is 5.88 Å². The third kappa shape index (κ3) is 3.06. The van der Waals surface area contributed by atoms with Crippen molar-refractivity contribution >= 4 is 5.91 Å². The van der Waals surface area contributed by atoms with Crippen molar-refractivity contribution in [3.05, 3.63) is 41.3 Å². The van der Waals surface area contributed by atoms with Gasteiger partial charge in [-0.2, -0.15) is 5.10 Å². The van der Waals surface area contributed by atoms with E-state index in [1.807, 2.05) is 11.8 Å². The first-order valence-corrected chi connectivity index (χ1v) is 7.91. The molecule has 2 aromatic rings. The summed E-state index contributed by atoms with van der Waals surface area (Å²) in [5.74, 6) is 0.354. The third-order valence-corrected chi connectivity index (χ3v) is 4.27. The number of aromatic nitrogens is 3. The van der Waals surface area contributed by atoms with Crippen LogP contribution in [0.5, 0.6) is 5.88 Å². The van der Waals surface area contributed by atoms with Crippen LogP contribution in [0, 0.1) is 13.8 Å². The molecule has 0 aliphatic carbocycles. The lowest BCUT2D eigenvalue weighted by molar-refractivity contribution is 0.0667. The normalized spacial score (nSPS) is 18.0. The Morgan fingerprint density at radius 3 is 2.91 bits per heavy atom. The standard InChI is InChI=1S/C17H22N4O2/c1-12-10-13(2)21(19-12)14-6-5-9-20(11-14)17(22)15-7-4-8-18-16(15)23-3/h4,7-8,10,14H,5-6,9,11H2,1-3H3/t14-/m0/s1. The molecule has 1 saturated heterocycles. The first-order valence-electron chi connectivity index (χ1n) is 7.91. The van der Waals surface area contributed by atoms with E-state index >= 15 is 0 Å². The molecule has 1 aliphatic rings. The summed E-state index contributed by atoms with van der Waals surface area (Å²) < 4.78 is 7.27. The fraction of sp³-hybridized carbons (Fsp3) is 0.471. The van der Waals surface area contributed by atoms with E-state index in [4.69, 9.17) is 4.74 Å². The maximum absolute atomic E-state index is 12.8. The second kappa shape index (κ2) is 6.40. The Labute approximate surface area is 136 Å². The van der Waals surface area contributed by atoms with E-state index in [-0.39, 0.29) is 11.9 Å². The molecule has 0 radical (unpaired) electrons. The van der Waals surface area contributed by atoms with Gasteiger partial charge in [-0.3, -0.25) is 9.48 Å². The number of pyridine rings is 1. The van der Waals surface area contributed by atoms with Gasteiger partial charge in [-0.25, -0.2) is 4.98 Å². The van der Waals surface area contributed by atoms with Gasteiger partial charge in [0.1, 0.15) is 5.56 Å². The summed E-state index contributed by atoms with van der Waals surface area (Å²) in [4.78, 5) is 18.8. The quantitative estimate of drug-likeness (QED) is 0.873. The predicted octanol–water partition coefficient (Wildman–Crippen LogP) is 2.38. The third-order valence-electron chi connectivity index (χ3n) is 4.27. The number of amides is 1. The molecule has 3 heterocycles. The van der Waals surface area contributed by atoms with Gasteiger partial charge in [-0.1, -0.05) is 0 Å². The molecule has 1 amide bonds. The molecule has 6 nitrogen and oxygen atoms in total. The molecule has 0 aromatic carbocycles. The molecule has 0 bridgehead atoms. The SMILES string of the molecule is COc1ncccc1C(=O)N1CCC[C@H](n2nc(C)cc2C)C1. The Bertz CT molecular complexity index is 710. The molecule has 0 N–H and O–H groups in total. The maximum atomic E-state index is 12.8. The number of likely N-dealkylation sites (tertiary alicyclic amines) is 1.